The quantitative estimate of drug-likeness (QED) is 0.294. The number of carbonyl (C=O) groups is 4. The number of rotatable bonds is 14. The fourth-order valence-electron chi connectivity index (χ4n) is 2.76. The molecule has 9 nitrogen and oxygen atoms in total. The van der Waals surface area contributed by atoms with E-state index in [0.29, 0.717) is 18.4 Å². The van der Waals surface area contributed by atoms with Crippen molar-refractivity contribution in [3.63, 3.8) is 0 Å². The molecule has 0 heterocycles. The summed E-state index contributed by atoms with van der Waals surface area (Å²) in [7, 11) is 0. The first-order valence-electron chi connectivity index (χ1n) is 12.1. The number of benzene rings is 1. The largest absolute Gasteiger partial charge is 0.480 e. The molecule has 9 heteroatoms. The summed E-state index contributed by atoms with van der Waals surface area (Å²) in [6.07, 6.45) is 0.718. The number of esters is 3. The lowest BCUT2D eigenvalue weighted by atomic mass is 10.0. The molecule has 1 aromatic rings. The van der Waals surface area contributed by atoms with Gasteiger partial charge in [-0.25, -0.2) is 0 Å². The smallest absolute Gasteiger partial charge is 0.321 e. The van der Waals surface area contributed by atoms with Crippen LogP contribution in [0.5, 0.6) is 11.5 Å². The highest BCUT2D eigenvalue weighted by molar-refractivity contribution is 5.78. The number of aliphatic carboxylic acids is 1. The average molecular weight is 494 g/mol. The molecule has 0 fully saturated rings. The lowest BCUT2D eigenvalue weighted by molar-refractivity contribution is -0.152. The second-order valence-electron chi connectivity index (χ2n) is 9.15. The minimum Gasteiger partial charge on any atom is -0.480 e. The number of carboxylic acids is 1. The lowest BCUT2D eigenvalue weighted by Crippen LogP contribution is -2.43. The Bertz CT molecular complexity index is 882. The molecule has 1 aromatic carbocycles. The van der Waals surface area contributed by atoms with Crippen LogP contribution in [0.25, 0.3) is 0 Å². The van der Waals surface area contributed by atoms with E-state index in [0.717, 1.165) is 0 Å². The highest BCUT2D eigenvalue weighted by Crippen LogP contribution is 2.31. The maximum atomic E-state index is 12.4. The topological polar surface area (TPSA) is 128 Å². The first kappa shape index (κ1) is 30.1. The second kappa shape index (κ2) is 14.5. The van der Waals surface area contributed by atoms with Crippen LogP contribution in [-0.4, -0.2) is 47.7 Å². The highest BCUT2D eigenvalue weighted by atomic mass is 16.6. The van der Waals surface area contributed by atoms with Gasteiger partial charge in [-0.05, 0) is 43.9 Å². The van der Waals surface area contributed by atoms with E-state index >= 15 is 0 Å². The monoisotopic (exact) mass is 493 g/mol. The number of hydrogen-bond acceptors (Lipinski definition) is 8. The van der Waals surface area contributed by atoms with Crippen LogP contribution < -0.4 is 14.8 Å². The molecule has 0 saturated heterocycles. The van der Waals surface area contributed by atoms with Crippen LogP contribution in [0.15, 0.2) is 18.2 Å². The van der Waals surface area contributed by atoms with Crippen molar-refractivity contribution in [2.45, 2.75) is 79.9 Å². The number of nitrogens with one attached hydrogen (secondary N) is 1. The van der Waals surface area contributed by atoms with Gasteiger partial charge >= 0.3 is 23.9 Å². The van der Waals surface area contributed by atoms with Crippen LogP contribution in [0.2, 0.25) is 0 Å². The lowest BCUT2D eigenvalue weighted by Gasteiger charge is -2.20. The average Bonchev–Trinajstić information content (AvgIpc) is 2.81. The van der Waals surface area contributed by atoms with Gasteiger partial charge in [0.25, 0.3) is 0 Å². The van der Waals surface area contributed by atoms with Crippen LogP contribution in [0.4, 0.5) is 0 Å². The van der Waals surface area contributed by atoms with Gasteiger partial charge in [0.2, 0.25) is 0 Å². The summed E-state index contributed by atoms with van der Waals surface area (Å²) in [4.78, 5) is 48.3. The fraction of sp³-hybridized carbons (Fsp3) is 0.615. The van der Waals surface area contributed by atoms with Crippen molar-refractivity contribution in [3.8, 4) is 11.5 Å². The minimum absolute atomic E-state index is 0.0628. The molecule has 0 aliphatic rings. The predicted octanol–water partition coefficient (Wildman–Crippen LogP) is 3.76. The third-order valence-corrected chi connectivity index (χ3v) is 5.64. The van der Waals surface area contributed by atoms with Gasteiger partial charge in [-0.2, -0.15) is 0 Å². The molecular weight excluding hydrogens is 454 g/mol. The second-order valence-corrected chi connectivity index (χ2v) is 9.15. The van der Waals surface area contributed by atoms with Gasteiger partial charge in [-0.3, -0.25) is 19.2 Å². The SMILES string of the molecule is CCC(C)C(=O)Oc1ccc(C[C@H](NCC(C)OC(=O)C(C)C)C(=O)O)cc1OC(=O)C(C)CC. The zero-order valence-electron chi connectivity index (χ0n) is 21.8. The van der Waals surface area contributed by atoms with Gasteiger partial charge in [-0.15, -0.1) is 0 Å². The maximum Gasteiger partial charge on any atom is 0.321 e. The molecule has 0 saturated carbocycles. The Morgan fingerprint density at radius 1 is 0.857 bits per heavy atom. The Labute approximate surface area is 207 Å². The normalized spacial score (nSPS) is 14.5. The summed E-state index contributed by atoms with van der Waals surface area (Å²) in [5.41, 5.74) is 0.562. The van der Waals surface area contributed by atoms with Crippen LogP contribution in [0.1, 0.15) is 66.9 Å². The molecule has 0 aromatic heterocycles. The number of carbonyl (C=O) groups excluding carboxylic acids is 3. The first-order chi connectivity index (χ1) is 16.4. The molecule has 0 amide bonds. The molecule has 4 atom stereocenters. The zero-order chi connectivity index (χ0) is 26.7. The van der Waals surface area contributed by atoms with Gasteiger partial charge in [0.15, 0.2) is 11.5 Å². The molecule has 0 spiro atoms. The Morgan fingerprint density at radius 3 is 1.89 bits per heavy atom. The van der Waals surface area contributed by atoms with E-state index in [4.69, 9.17) is 14.2 Å². The Balaban J connectivity index is 3.06. The number of carboxylic acid groups (broad SMARTS) is 1. The van der Waals surface area contributed by atoms with Crippen molar-refractivity contribution in [2.24, 2.45) is 17.8 Å². The van der Waals surface area contributed by atoms with Crippen molar-refractivity contribution in [1.29, 1.82) is 0 Å². The van der Waals surface area contributed by atoms with E-state index in [9.17, 15) is 24.3 Å². The van der Waals surface area contributed by atoms with E-state index in [1.54, 1.807) is 40.7 Å². The van der Waals surface area contributed by atoms with E-state index < -0.39 is 30.1 Å². The summed E-state index contributed by atoms with van der Waals surface area (Å²) >= 11 is 0. The third-order valence-electron chi connectivity index (χ3n) is 5.64. The van der Waals surface area contributed by atoms with Gasteiger partial charge in [0.05, 0.1) is 17.8 Å². The molecule has 1 rings (SSSR count). The van der Waals surface area contributed by atoms with Crippen molar-refractivity contribution in [1.82, 2.24) is 5.32 Å². The summed E-state index contributed by atoms with van der Waals surface area (Å²) in [5, 5.41) is 12.6. The van der Waals surface area contributed by atoms with Crippen LogP contribution in [-0.2, 0) is 30.3 Å². The van der Waals surface area contributed by atoms with E-state index in [1.165, 1.54) is 12.1 Å². The number of hydrogen-bond donors (Lipinski definition) is 2. The molecular formula is C26H39NO8. The van der Waals surface area contributed by atoms with E-state index in [2.05, 4.69) is 5.32 Å². The van der Waals surface area contributed by atoms with Gasteiger partial charge in [0, 0.05) is 6.54 Å². The van der Waals surface area contributed by atoms with Crippen LogP contribution in [0, 0.1) is 17.8 Å². The molecule has 2 N–H and O–H groups in total. The van der Waals surface area contributed by atoms with Crippen molar-refractivity contribution in [3.05, 3.63) is 23.8 Å². The van der Waals surface area contributed by atoms with E-state index in [-0.39, 0.29) is 48.2 Å². The summed E-state index contributed by atoms with van der Waals surface area (Å²) in [6, 6.07) is 3.65. The standard InChI is InChI=1S/C26H39NO8/c1-8-16(5)25(31)34-21-11-10-19(13-22(21)35-26(32)17(6)9-2)12-20(23(28)29)27-14-18(7)33-24(30)15(3)4/h10-11,13,15-18,20,27H,8-9,12,14H2,1-7H3,(H,28,29)/t16?,17?,18?,20-/m0/s1. The van der Waals surface area contributed by atoms with Crippen LogP contribution >= 0.6 is 0 Å². The molecule has 35 heavy (non-hydrogen) atoms. The third kappa shape index (κ3) is 10.1. The summed E-state index contributed by atoms with van der Waals surface area (Å²) < 4.78 is 16.2. The minimum atomic E-state index is -1.09. The molecule has 0 aliphatic carbocycles. The van der Waals surface area contributed by atoms with Crippen molar-refractivity contribution < 1.29 is 38.5 Å². The summed E-state index contributed by atoms with van der Waals surface area (Å²) in [6.45, 7) is 12.5. The summed E-state index contributed by atoms with van der Waals surface area (Å²) in [5.74, 6) is -3.18. The zero-order valence-corrected chi connectivity index (χ0v) is 21.8. The van der Waals surface area contributed by atoms with Gasteiger partial charge < -0.3 is 24.6 Å². The molecule has 3 unspecified atom stereocenters. The Kier molecular flexibility index (Phi) is 12.4. The maximum absolute atomic E-state index is 12.4. The molecule has 0 radical (unpaired) electrons. The van der Waals surface area contributed by atoms with E-state index in [1.807, 2.05) is 13.8 Å². The Morgan fingerprint density at radius 2 is 1.40 bits per heavy atom. The van der Waals surface area contributed by atoms with Crippen molar-refractivity contribution >= 4 is 23.9 Å². The molecule has 196 valence electrons. The van der Waals surface area contributed by atoms with Crippen molar-refractivity contribution in [2.75, 3.05) is 6.54 Å². The highest BCUT2D eigenvalue weighted by Gasteiger charge is 2.23. The predicted molar refractivity (Wildman–Crippen MR) is 130 cm³/mol. The first-order valence-corrected chi connectivity index (χ1v) is 12.1. The Hall–Kier alpha value is -2.94. The fourth-order valence-corrected chi connectivity index (χ4v) is 2.76. The van der Waals surface area contributed by atoms with Crippen LogP contribution in [0.3, 0.4) is 0 Å². The number of ether oxygens (including phenoxy) is 3. The van der Waals surface area contributed by atoms with Gasteiger partial charge in [0.1, 0.15) is 12.1 Å². The molecule has 0 bridgehead atoms. The van der Waals surface area contributed by atoms with Gasteiger partial charge in [-0.1, -0.05) is 47.6 Å². The molecule has 0 aliphatic heterocycles.